The van der Waals surface area contributed by atoms with E-state index in [4.69, 9.17) is 19.0 Å². The predicted molar refractivity (Wildman–Crippen MR) is 140 cm³/mol. The van der Waals surface area contributed by atoms with Gasteiger partial charge in [0.25, 0.3) is 5.89 Å². The summed E-state index contributed by atoms with van der Waals surface area (Å²) in [6.45, 7) is 2.44. The highest BCUT2D eigenvalue weighted by Crippen LogP contribution is 2.38. The summed E-state index contributed by atoms with van der Waals surface area (Å²) in [7, 11) is 3.24. The maximum atomic E-state index is 13.3. The smallest absolute Gasteiger partial charge is 0.322 e. The Hall–Kier alpha value is -4.59. The van der Waals surface area contributed by atoms with E-state index in [9.17, 15) is 4.79 Å². The van der Waals surface area contributed by atoms with Crippen molar-refractivity contribution in [3.63, 3.8) is 0 Å². The van der Waals surface area contributed by atoms with Gasteiger partial charge in [-0.25, -0.2) is 4.79 Å². The molecule has 1 N–H and O–H groups in total. The van der Waals surface area contributed by atoms with Gasteiger partial charge in [0.2, 0.25) is 5.82 Å². The van der Waals surface area contributed by atoms with E-state index in [2.05, 4.69) is 22.6 Å². The Morgan fingerprint density at radius 2 is 1.57 bits per heavy atom. The fourth-order valence-corrected chi connectivity index (χ4v) is 4.45. The van der Waals surface area contributed by atoms with E-state index >= 15 is 0 Å². The second kappa shape index (κ2) is 10.6. The van der Waals surface area contributed by atoms with Crippen molar-refractivity contribution in [1.82, 2.24) is 20.4 Å². The van der Waals surface area contributed by atoms with Crippen LogP contribution in [0.2, 0.25) is 0 Å². The minimum Gasteiger partial charge on any atom is -0.497 e. The van der Waals surface area contributed by atoms with E-state index in [0.29, 0.717) is 24.7 Å². The molecule has 2 amide bonds. The summed E-state index contributed by atoms with van der Waals surface area (Å²) in [5.41, 5.74) is 4.36. The molecule has 1 atom stereocenters. The number of benzene rings is 3. The standard InChI is InChI=1S/C29H28N4O4/c1-19-25(28-31-27(32-37-28)22-11-15-24(36-3)16-12-22)26(21-9-13-23(35-2)14-10-21)30-29(34)33(19)18-17-20-7-5-4-6-8-20/h4-16,26H,17-18H2,1-3H3,(H,30,34). The molecule has 37 heavy (non-hydrogen) atoms. The number of carbonyl (C=O) groups excluding carboxylic acids is 1. The molecule has 0 saturated carbocycles. The molecule has 4 aromatic rings. The zero-order chi connectivity index (χ0) is 25.8. The lowest BCUT2D eigenvalue weighted by molar-refractivity contribution is 0.205. The quantitative estimate of drug-likeness (QED) is 0.347. The summed E-state index contributed by atoms with van der Waals surface area (Å²) in [4.78, 5) is 19.7. The number of ether oxygens (including phenoxy) is 2. The molecular formula is C29H28N4O4. The van der Waals surface area contributed by atoms with Crippen molar-refractivity contribution in [2.45, 2.75) is 19.4 Å². The Balaban J connectivity index is 1.52. The minimum atomic E-state index is -0.462. The fourth-order valence-electron chi connectivity index (χ4n) is 4.45. The van der Waals surface area contributed by atoms with E-state index in [-0.39, 0.29) is 6.03 Å². The average molecular weight is 497 g/mol. The maximum absolute atomic E-state index is 13.3. The van der Waals surface area contributed by atoms with Crippen LogP contribution in [0.5, 0.6) is 11.5 Å². The van der Waals surface area contributed by atoms with Crippen molar-refractivity contribution in [2.75, 3.05) is 20.8 Å². The normalized spacial score (nSPS) is 15.5. The molecule has 1 unspecified atom stereocenters. The van der Waals surface area contributed by atoms with Gasteiger partial charge in [-0.3, -0.25) is 4.90 Å². The second-order valence-corrected chi connectivity index (χ2v) is 8.69. The number of rotatable bonds is 8. The summed E-state index contributed by atoms with van der Waals surface area (Å²) in [6, 6.07) is 24.5. The predicted octanol–water partition coefficient (Wildman–Crippen LogP) is 5.49. The van der Waals surface area contributed by atoms with Gasteiger partial charge < -0.3 is 19.3 Å². The lowest BCUT2D eigenvalue weighted by atomic mass is 9.94. The van der Waals surface area contributed by atoms with Gasteiger partial charge in [0.05, 0.1) is 25.8 Å². The summed E-state index contributed by atoms with van der Waals surface area (Å²) in [5.74, 6) is 2.29. The second-order valence-electron chi connectivity index (χ2n) is 8.69. The SMILES string of the molecule is COc1ccc(-c2noc(C3=C(C)N(CCc4ccccc4)C(=O)NC3c3ccc(OC)cc3)n2)cc1. The van der Waals surface area contributed by atoms with Crippen LogP contribution in [0.3, 0.4) is 0 Å². The molecule has 0 aliphatic carbocycles. The molecule has 0 saturated heterocycles. The maximum Gasteiger partial charge on any atom is 0.322 e. The van der Waals surface area contributed by atoms with Gasteiger partial charge in [-0.1, -0.05) is 47.6 Å². The number of amides is 2. The Kier molecular flexibility index (Phi) is 6.89. The van der Waals surface area contributed by atoms with Gasteiger partial charge in [-0.2, -0.15) is 4.98 Å². The third kappa shape index (κ3) is 5.04. The van der Waals surface area contributed by atoms with E-state index in [1.54, 1.807) is 19.1 Å². The number of carbonyl (C=O) groups is 1. The number of hydrogen-bond donors (Lipinski definition) is 1. The Bertz CT molecular complexity index is 1400. The molecule has 0 fully saturated rings. The lowest BCUT2D eigenvalue weighted by Crippen LogP contribution is -2.46. The number of allylic oxidation sites excluding steroid dienone is 1. The number of methoxy groups -OCH3 is 2. The van der Waals surface area contributed by atoms with Crippen LogP contribution < -0.4 is 14.8 Å². The first-order valence-electron chi connectivity index (χ1n) is 12.0. The average Bonchev–Trinajstić information content (AvgIpc) is 3.43. The van der Waals surface area contributed by atoms with Gasteiger partial charge >= 0.3 is 6.03 Å². The molecule has 8 nitrogen and oxygen atoms in total. The van der Waals surface area contributed by atoms with Crippen molar-refractivity contribution < 1.29 is 18.8 Å². The molecule has 1 aromatic heterocycles. The molecule has 3 aromatic carbocycles. The Morgan fingerprint density at radius 3 is 2.22 bits per heavy atom. The Labute approximate surface area is 215 Å². The molecule has 2 heterocycles. The highest BCUT2D eigenvalue weighted by molar-refractivity contribution is 5.87. The van der Waals surface area contributed by atoms with Crippen molar-refractivity contribution >= 4 is 11.6 Å². The molecule has 5 rings (SSSR count). The summed E-state index contributed by atoms with van der Waals surface area (Å²) in [6.07, 6.45) is 0.715. The first-order chi connectivity index (χ1) is 18.1. The largest absolute Gasteiger partial charge is 0.497 e. The van der Waals surface area contributed by atoms with Crippen LogP contribution in [0.25, 0.3) is 17.0 Å². The molecule has 188 valence electrons. The van der Waals surface area contributed by atoms with Gasteiger partial charge in [0.1, 0.15) is 11.5 Å². The van der Waals surface area contributed by atoms with Crippen LogP contribution in [0, 0.1) is 0 Å². The zero-order valence-corrected chi connectivity index (χ0v) is 21.0. The van der Waals surface area contributed by atoms with Crippen molar-refractivity contribution in [2.24, 2.45) is 0 Å². The molecule has 1 aliphatic rings. The van der Waals surface area contributed by atoms with Crippen LogP contribution in [0.15, 0.2) is 89.1 Å². The number of aromatic nitrogens is 2. The van der Waals surface area contributed by atoms with Crippen molar-refractivity contribution in [3.05, 3.63) is 102 Å². The summed E-state index contributed by atoms with van der Waals surface area (Å²) < 4.78 is 16.3. The van der Waals surface area contributed by atoms with E-state index < -0.39 is 6.04 Å². The number of urea groups is 1. The third-order valence-corrected chi connectivity index (χ3v) is 6.52. The van der Waals surface area contributed by atoms with Gasteiger partial charge in [-0.05, 0) is 60.9 Å². The van der Waals surface area contributed by atoms with Gasteiger partial charge in [0.15, 0.2) is 0 Å². The number of nitrogens with zero attached hydrogens (tertiary/aromatic N) is 3. The third-order valence-electron chi connectivity index (χ3n) is 6.52. The number of nitrogens with one attached hydrogen (secondary N) is 1. The highest BCUT2D eigenvalue weighted by Gasteiger charge is 2.35. The van der Waals surface area contributed by atoms with E-state index in [1.807, 2.05) is 73.7 Å². The van der Waals surface area contributed by atoms with Crippen LogP contribution in [-0.4, -0.2) is 41.8 Å². The fraction of sp³-hybridized carbons (Fsp3) is 0.207. The summed E-state index contributed by atoms with van der Waals surface area (Å²) in [5, 5.41) is 7.38. The molecular weight excluding hydrogens is 468 g/mol. The van der Waals surface area contributed by atoms with Gasteiger partial charge in [0, 0.05) is 17.8 Å². The molecule has 0 radical (unpaired) electrons. The van der Waals surface area contributed by atoms with E-state index in [1.165, 1.54) is 0 Å². The first kappa shape index (κ1) is 24.1. The van der Waals surface area contributed by atoms with Crippen molar-refractivity contribution in [1.29, 1.82) is 0 Å². The molecule has 1 aliphatic heterocycles. The molecule has 0 spiro atoms. The Morgan fingerprint density at radius 1 is 0.919 bits per heavy atom. The topological polar surface area (TPSA) is 89.7 Å². The zero-order valence-electron chi connectivity index (χ0n) is 21.0. The highest BCUT2D eigenvalue weighted by atomic mass is 16.5. The van der Waals surface area contributed by atoms with Crippen LogP contribution in [-0.2, 0) is 6.42 Å². The first-order valence-corrected chi connectivity index (χ1v) is 12.0. The monoisotopic (exact) mass is 496 g/mol. The summed E-state index contributed by atoms with van der Waals surface area (Å²) >= 11 is 0. The lowest BCUT2D eigenvalue weighted by Gasteiger charge is -2.35. The van der Waals surface area contributed by atoms with Gasteiger partial charge in [-0.15, -0.1) is 0 Å². The van der Waals surface area contributed by atoms with E-state index in [0.717, 1.165) is 39.5 Å². The van der Waals surface area contributed by atoms with Crippen LogP contribution in [0.4, 0.5) is 4.79 Å². The number of hydrogen-bond acceptors (Lipinski definition) is 6. The minimum absolute atomic E-state index is 0.173. The van der Waals surface area contributed by atoms with Crippen LogP contribution in [0.1, 0.15) is 30.0 Å². The molecule has 8 heteroatoms. The molecule has 0 bridgehead atoms. The van der Waals surface area contributed by atoms with Crippen molar-refractivity contribution in [3.8, 4) is 22.9 Å². The van der Waals surface area contributed by atoms with Crippen LogP contribution >= 0.6 is 0 Å².